The second kappa shape index (κ2) is 6.42. The molecule has 3 aliphatic rings. The van der Waals surface area contributed by atoms with E-state index in [0.29, 0.717) is 42.3 Å². The topological polar surface area (TPSA) is 164 Å². The number of aromatic nitrogens is 2. The number of fused-ring (bicyclic) bond motifs is 2. The van der Waals surface area contributed by atoms with Crippen molar-refractivity contribution >= 4 is 16.4 Å². The number of nitrogens with one attached hydrogen (secondary N) is 1. The fourth-order valence-electron chi connectivity index (χ4n) is 3.62. The highest BCUT2D eigenvalue weighted by Crippen LogP contribution is 2.38. The van der Waals surface area contributed by atoms with Crippen molar-refractivity contribution in [3.05, 3.63) is 11.8 Å². The Balaban J connectivity index is 1.40. The van der Waals surface area contributed by atoms with Crippen LogP contribution in [-0.2, 0) is 21.2 Å². The number of hydroxylamine groups is 2. The molecule has 144 valence electrons. The van der Waals surface area contributed by atoms with Crippen LogP contribution >= 0.6 is 0 Å². The molecule has 0 spiro atoms. The van der Waals surface area contributed by atoms with E-state index in [4.69, 9.17) is 14.7 Å². The molecule has 1 aromatic rings. The molecule has 2 saturated heterocycles. The van der Waals surface area contributed by atoms with Crippen LogP contribution in [0.3, 0.4) is 0 Å². The standard InChI is InChI=1S/C13H20N6O6S/c14-7-3-8(4-7)15-5-11-16-17-12(24-11)10-2-1-9-6-18(10)13(20)19(9)25-26(21,22)23/h7-10,15H,1-6,14H2,(H,21,22,23)/t7?,8?,9-,10+/m1/s1. The lowest BCUT2D eigenvalue weighted by Crippen LogP contribution is -2.48. The van der Waals surface area contributed by atoms with Crippen LogP contribution in [-0.4, -0.2) is 63.8 Å². The molecule has 0 radical (unpaired) electrons. The molecule has 0 unspecified atom stereocenters. The zero-order chi connectivity index (χ0) is 18.5. The third-order valence-corrected chi connectivity index (χ3v) is 5.33. The largest absolute Gasteiger partial charge is 0.422 e. The molecule has 2 amide bonds. The van der Waals surface area contributed by atoms with E-state index in [1.54, 1.807) is 0 Å². The Labute approximate surface area is 149 Å². The fraction of sp³-hybridized carbons (Fsp3) is 0.769. The Bertz CT molecular complexity index is 793. The van der Waals surface area contributed by atoms with E-state index >= 15 is 0 Å². The highest BCUT2D eigenvalue weighted by atomic mass is 32.3. The minimum absolute atomic E-state index is 0.245. The van der Waals surface area contributed by atoms with Gasteiger partial charge in [0.2, 0.25) is 11.8 Å². The van der Waals surface area contributed by atoms with E-state index in [9.17, 15) is 13.2 Å². The number of amides is 2. The zero-order valence-corrected chi connectivity index (χ0v) is 14.6. The summed E-state index contributed by atoms with van der Waals surface area (Å²) < 4.78 is 40.7. The number of urea groups is 1. The molecular weight excluding hydrogens is 368 g/mol. The average Bonchev–Trinajstić information content (AvgIpc) is 3.10. The number of hydrogen-bond donors (Lipinski definition) is 3. The summed E-state index contributed by atoms with van der Waals surface area (Å²) in [4.78, 5) is 13.8. The van der Waals surface area contributed by atoms with Crippen molar-refractivity contribution in [1.82, 2.24) is 25.5 Å². The third-order valence-electron chi connectivity index (χ3n) is 4.98. The highest BCUT2D eigenvalue weighted by molar-refractivity contribution is 7.80. The maximum atomic E-state index is 12.4. The second-order valence-electron chi connectivity index (χ2n) is 6.85. The summed E-state index contributed by atoms with van der Waals surface area (Å²) in [7, 11) is -4.76. The van der Waals surface area contributed by atoms with Crippen LogP contribution in [0.25, 0.3) is 0 Å². The molecule has 4 rings (SSSR count). The van der Waals surface area contributed by atoms with Gasteiger partial charge in [-0.15, -0.1) is 14.5 Å². The van der Waals surface area contributed by atoms with E-state index in [0.717, 1.165) is 12.8 Å². The molecule has 1 aromatic heterocycles. The first kappa shape index (κ1) is 17.6. The summed E-state index contributed by atoms with van der Waals surface area (Å²) in [5.41, 5.74) is 5.74. The molecular formula is C13H20N6O6S. The monoisotopic (exact) mass is 388 g/mol. The number of hydrogen-bond acceptors (Lipinski definition) is 9. The predicted molar refractivity (Wildman–Crippen MR) is 84.5 cm³/mol. The molecule has 12 nitrogen and oxygen atoms in total. The van der Waals surface area contributed by atoms with E-state index in [1.807, 2.05) is 0 Å². The SMILES string of the molecule is NC1CC(NCc2nnc([C@@H]3CC[C@@H]4CN3C(=O)N4OS(=O)(=O)O)o2)C1. The summed E-state index contributed by atoms with van der Waals surface area (Å²) in [5.74, 6) is 0.716. The number of carbonyl (C=O) groups excluding carboxylic acids is 1. The molecule has 2 atom stereocenters. The smallest absolute Gasteiger partial charge is 0.418 e. The zero-order valence-electron chi connectivity index (χ0n) is 13.8. The van der Waals surface area contributed by atoms with Gasteiger partial charge in [0.15, 0.2) is 0 Å². The lowest BCUT2D eigenvalue weighted by molar-refractivity contribution is -0.0317. The Hall–Kier alpha value is -1.80. The first-order valence-electron chi connectivity index (χ1n) is 8.38. The lowest BCUT2D eigenvalue weighted by atomic mass is 9.88. The Kier molecular flexibility index (Phi) is 4.35. The summed E-state index contributed by atoms with van der Waals surface area (Å²) in [6, 6.07) is -0.965. The molecule has 4 N–H and O–H groups in total. The second-order valence-corrected chi connectivity index (χ2v) is 7.86. The van der Waals surface area contributed by atoms with Crippen molar-refractivity contribution in [3.8, 4) is 0 Å². The van der Waals surface area contributed by atoms with Crippen molar-refractivity contribution in [3.63, 3.8) is 0 Å². The first-order chi connectivity index (χ1) is 12.3. The summed E-state index contributed by atoms with van der Waals surface area (Å²) in [6.45, 7) is 0.681. The van der Waals surface area contributed by atoms with Crippen LogP contribution in [0, 0.1) is 0 Å². The van der Waals surface area contributed by atoms with E-state index in [-0.39, 0.29) is 12.6 Å². The molecule has 1 aliphatic carbocycles. The van der Waals surface area contributed by atoms with Crippen molar-refractivity contribution < 1.29 is 26.5 Å². The summed E-state index contributed by atoms with van der Waals surface area (Å²) >= 11 is 0. The van der Waals surface area contributed by atoms with Crippen molar-refractivity contribution in [2.45, 2.75) is 56.4 Å². The van der Waals surface area contributed by atoms with Crippen molar-refractivity contribution in [2.75, 3.05) is 6.54 Å². The van der Waals surface area contributed by atoms with Gasteiger partial charge < -0.3 is 20.4 Å². The van der Waals surface area contributed by atoms with Crippen LogP contribution in [0.15, 0.2) is 4.42 Å². The quantitative estimate of drug-likeness (QED) is 0.532. The van der Waals surface area contributed by atoms with Crippen LogP contribution in [0.2, 0.25) is 0 Å². The Morgan fingerprint density at radius 1 is 1.35 bits per heavy atom. The fourth-order valence-corrected chi connectivity index (χ4v) is 4.01. The molecule has 26 heavy (non-hydrogen) atoms. The van der Waals surface area contributed by atoms with Gasteiger partial charge in [-0.05, 0) is 25.7 Å². The van der Waals surface area contributed by atoms with Gasteiger partial charge in [-0.25, -0.2) is 4.79 Å². The van der Waals surface area contributed by atoms with Crippen molar-refractivity contribution in [1.29, 1.82) is 0 Å². The molecule has 0 aromatic carbocycles. The van der Waals surface area contributed by atoms with Gasteiger partial charge in [0.05, 0.1) is 12.6 Å². The van der Waals surface area contributed by atoms with Crippen LogP contribution in [0.5, 0.6) is 0 Å². The van der Waals surface area contributed by atoms with Gasteiger partial charge in [0.25, 0.3) is 0 Å². The highest BCUT2D eigenvalue weighted by Gasteiger charge is 2.49. The van der Waals surface area contributed by atoms with Crippen LogP contribution < -0.4 is 11.1 Å². The van der Waals surface area contributed by atoms with E-state index in [1.165, 1.54) is 4.90 Å². The predicted octanol–water partition coefficient (Wildman–Crippen LogP) is -0.676. The maximum Gasteiger partial charge on any atom is 0.418 e. The van der Waals surface area contributed by atoms with E-state index < -0.39 is 28.5 Å². The molecule has 2 bridgehead atoms. The third kappa shape index (κ3) is 3.40. The molecule has 3 fully saturated rings. The van der Waals surface area contributed by atoms with Gasteiger partial charge in [0, 0.05) is 18.6 Å². The summed E-state index contributed by atoms with van der Waals surface area (Å²) in [6.07, 6.45) is 2.83. The number of piperidine rings is 1. The number of rotatable bonds is 6. The first-order valence-corrected chi connectivity index (χ1v) is 9.75. The van der Waals surface area contributed by atoms with E-state index in [2.05, 4.69) is 19.8 Å². The molecule has 13 heteroatoms. The minimum atomic E-state index is -4.76. The van der Waals surface area contributed by atoms with Gasteiger partial charge in [-0.3, -0.25) is 4.55 Å². The van der Waals surface area contributed by atoms with Crippen LogP contribution in [0.1, 0.15) is 43.5 Å². The maximum absolute atomic E-state index is 12.4. The normalized spacial score (nSPS) is 31.4. The molecule has 1 saturated carbocycles. The van der Waals surface area contributed by atoms with Crippen molar-refractivity contribution in [2.24, 2.45) is 5.73 Å². The van der Waals surface area contributed by atoms with Gasteiger partial charge in [-0.1, -0.05) is 0 Å². The number of carbonyl (C=O) groups is 1. The Morgan fingerprint density at radius 3 is 2.81 bits per heavy atom. The number of nitrogens with zero attached hydrogens (tertiary/aromatic N) is 4. The van der Waals surface area contributed by atoms with Crippen LogP contribution in [0.4, 0.5) is 4.79 Å². The van der Waals surface area contributed by atoms with Gasteiger partial charge >= 0.3 is 16.4 Å². The minimum Gasteiger partial charge on any atom is -0.422 e. The molecule has 2 aliphatic heterocycles. The molecule has 3 heterocycles. The Morgan fingerprint density at radius 2 is 2.12 bits per heavy atom. The van der Waals surface area contributed by atoms with Gasteiger partial charge in [0.1, 0.15) is 6.04 Å². The number of nitrogens with two attached hydrogens (primary N) is 1. The van der Waals surface area contributed by atoms with Gasteiger partial charge in [-0.2, -0.15) is 13.5 Å². The lowest BCUT2D eigenvalue weighted by Gasteiger charge is -2.32. The average molecular weight is 388 g/mol. The summed E-state index contributed by atoms with van der Waals surface area (Å²) in [5, 5.41) is 12.0.